The van der Waals surface area contributed by atoms with Crippen LogP contribution in [0.2, 0.25) is 0 Å². The van der Waals surface area contributed by atoms with E-state index in [-0.39, 0.29) is 12.4 Å². The van der Waals surface area contributed by atoms with Crippen LogP contribution in [0.5, 0.6) is 0 Å². The van der Waals surface area contributed by atoms with Gasteiger partial charge in [0.25, 0.3) is 0 Å². The van der Waals surface area contributed by atoms with Crippen molar-refractivity contribution in [1.29, 1.82) is 0 Å². The van der Waals surface area contributed by atoms with E-state index in [1.165, 1.54) is 0 Å². The fraction of sp³-hybridized carbons (Fsp3) is 0.750. The number of nitrogens with zero attached hydrogens (tertiary/aromatic N) is 4. The van der Waals surface area contributed by atoms with Gasteiger partial charge in [-0.25, -0.2) is 4.98 Å². The minimum Gasteiger partial charge on any atom is -0.388 e. The maximum Gasteiger partial charge on any atom is 0.434 e. The fourth-order valence-corrected chi connectivity index (χ4v) is 3.22. The van der Waals surface area contributed by atoms with Gasteiger partial charge in [-0.1, -0.05) is 0 Å². The number of alkyl halides is 3. The molecule has 3 N–H and O–H groups in total. The highest BCUT2D eigenvalue weighted by Gasteiger charge is 2.40. The van der Waals surface area contributed by atoms with E-state index in [1.54, 1.807) is 0 Å². The Morgan fingerprint density at radius 2 is 1.89 bits per heavy atom. The quantitative estimate of drug-likeness (QED) is 0.641. The zero-order chi connectivity index (χ0) is 19.6. The Hall–Kier alpha value is -1.53. The van der Waals surface area contributed by atoms with Crippen LogP contribution in [0.1, 0.15) is 5.69 Å². The summed E-state index contributed by atoms with van der Waals surface area (Å²) in [7, 11) is 2.04. The first kappa shape index (κ1) is 20.2. The monoisotopic (exact) mass is 391 g/mol. The highest BCUT2D eigenvalue weighted by molar-refractivity contribution is 5.34. The third-order valence-electron chi connectivity index (χ3n) is 4.93. The van der Waals surface area contributed by atoms with Gasteiger partial charge in [0.15, 0.2) is 5.69 Å². The summed E-state index contributed by atoms with van der Waals surface area (Å²) in [4.78, 5) is 11.3. The maximum absolute atomic E-state index is 12.7. The number of aromatic nitrogens is 2. The second-order valence-corrected chi connectivity index (χ2v) is 6.99. The molecule has 2 saturated heterocycles. The van der Waals surface area contributed by atoms with Crippen molar-refractivity contribution in [3.05, 3.63) is 18.1 Å². The van der Waals surface area contributed by atoms with Gasteiger partial charge < -0.3 is 25.2 Å². The van der Waals surface area contributed by atoms with E-state index >= 15 is 0 Å². The molecule has 0 radical (unpaired) electrons. The molecule has 1 aromatic heterocycles. The molecule has 11 heteroatoms. The van der Waals surface area contributed by atoms with E-state index in [9.17, 15) is 23.4 Å². The summed E-state index contributed by atoms with van der Waals surface area (Å²) in [5, 5.41) is 23.4. The van der Waals surface area contributed by atoms with Gasteiger partial charge in [0.05, 0.1) is 31.1 Å². The number of halogens is 3. The van der Waals surface area contributed by atoms with Gasteiger partial charge >= 0.3 is 6.18 Å². The Balaban J connectivity index is 1.57. The van der Waals surface area contributed by atoms with Crippen LogP contribution in [0.3, 0.4) is 0 Å². The van der Waals surface area contributed by atoms with Crippen molar-refractivity contribution in [1.82, 2.24) is 19.8 Å². The second-order valence-electron chi connectivity index (χ2n) is 6.99. The lowest BCUT2D eigenvalue weighted by molar-refractivity contribution is -0.148. The van der Waals surface area contributed by atoms with Crippen LogP contribution in [0.15, 0.2) is 12.4 Å². The first-order valence-corrected chi connectivity index (χ1v) is 8.78. The molecule has 4 atom stereocenters. The van der Waals surface area contributed by atoms with E-state index in [1.807, 2.05) is 7.05 Å². The van der Waals surface area contributed by atoms with Crippen LogP contribution >= 0.6 is 0 Å². The normalized spacial score (nSPS) is 31.0. The number of anilines is 1. The molecule has 0 amide bonds. The molecule has 3 rings (SSSR count). The van der Waals surface area contributed by atoms with Crippen LogP contribution in [0.4, 0.5) is 19.0 Å². The topological polar surface area (TPSA) is 94.0 Å². The Morgan fingerprint density at radius 1 is 1.19 bits per heavy atom. The first-order valence-electron chi connectivity index (χ1n) is 8.78. The predicted molar refractivity (Wildman–Crippen MR) is 90.1 cm³/mol. The Bertz CT molecular complexity index is 628. The second kappa shape index (κ2) is 8.23. The zero-order valence-corrected chi connectivity index (χ0v) is 14.9. The molecular formula is C16H24F3N5O3. The van der Waals surface area contributed by atoms with Crippen LogP contribution in [0.25, 0.3) is 0 Å². The molecule has 2 fully saturated rings. The number of aliphatic hydroxyl groups excluding tert-OH is 2. The molecular weight excluding hydrogens is 367 g/mol. The molecule has 2 aliphatic rings. The lowest BCUT2D eigenvalue weighted by Gasteiger charge is -2.41. The Morgan fingerprint density at radius 3 is 2.56 bits per heavy atom. The van der Waals surface area contributed by atoms with Crippen LogP contribution < -0.4 is 5.32 Å². The summed E-state index contributed by atoms with van der Waals surface area (Å²) >= 11 is 0. The molecule has 0 aromatic carbocycles. The van der Waals surface area contributed by atoms with Crippen molar-refractivity contribution in [3.8, 4) is 0 Å². The summed E-state index contributed by atoms with van der Waals surface area (Å²) in [6.45, 7) is 4.06. The third kappa shape index (κ3) is 5.05. The highest BCUT2D eigenvalue weighted by Crippen LogP contribution is 2.28. The van der Waals surface area contributed by atoms with Crippen LogP contribution in [-0.2, 0) is 10.9 Å². The standard InChI is InChI=1S/C16H24F3N5O3/c1-23-2-4-24(5-3-23)8-11-15(26)14(25)10(9-27-11)21-13-7-20-6-12(22-13)16(17,18)19/h6-7,10-11,14-15,25-26H,2-5,8-9H2,1H3,(H,21,22)/t10-,11+,14+,15-/m0/s1. The summed E-state index contributed by atoms with van der Waals surface area (Å²) in [6, 6.07) is -0.790. The molecule has 0 aliphatic carbocycles. The van der Waals surface area contributed by atoms with E-state index in [2.05, 4.69) is 25.1 Å². The maximum atomic E-state index is 12.7. The van der Waals surface area contributed by atoms with E-state index in [0.29, 0.717) is 12.7 Å². The largest absolute Gasteiger partial charge is 0.434 e. The molecule has 0 bridgehead atoms. The van der Waals surface area contributed by atoms with Gasteiger partial charge in [0.2, 0.25) is 0 Å². The van der Waals surface area contributed by atoms with Crippen molar-refractivity contribution in [2.75, 3.05) is 51.7 Å². The average molecular weight is 391 g/mol. The lowest BCUT2D eigenvalue weighted by Crippen LogP contribution is -2.59. The summed E-state index contributed by atoms with van der Waals surface area (Å²) in [5.74, 6) is -0.137. The molecule has 0 saturated carbocycles. The van der Waals surface area contributed by atoms with Crippen molar-refractivity contribution >= 4 is 5.82 Å². The summed E-state index contributed by atoms with van der Waals surface area (Å²) in [5.41, 5.74) is -1.13. The number of piperazine rings is 1. The molecule has 2 aliphatic heterocycles. The van der Waals surface area contributed by atoms with E-state index < -0.39 is 36.2 Å². The number of rotatable bonds is 4. The van der Waals surface area contributed by atoms with Gasteiger partial charge in [-0.3, -0.25) is 9.88 Å². The van der Waals surface area contributed by atoms with E-state index in [0.717, 1.165) is 32.4 Å². The molecule has 0 spiro atoms. The number of aliphatic hydroxyl groups is 2. The lowest BCUT2D eigenvalue weighted by atomic mass is 9.97. The van der Waals surface area contributed by atoms with Gasteiger partial charge in [0, 0.05) is 32.7 Å². The fourth-order valence-electron chi connectivity index (χ4n) is 3.22. The van der Waals surface area contributed by atoms with Gasteiger partial charge in [0.1, 0.15) is 18.0 Å². The third-order valence-corrected chi connectivity index (χ3v) is 4.93. The van der Waals surface area contributed by atoms with Crippen molar-refractivity contribution in [2.24, 2.45) is 0 Å². The summed E-state index contributed by atoms with van der Waals surface area (Å²) in [6.07, 6.45) is -5.78. The number of hydrogen-bond acceptors (Lipinski definition) is 8. The zero-order valence-electron chi connectivity index (χ0n) is 14.9. The van der Waals surface area contributed by atoms with E-state index in [4.69, 9.17) is 4.74 Å². The number of hydrogen-bond donors (Lipinski definition) is 3. The van der Waals surface area contributed by atoms with Crippen LogP contribution in [-0.4, -0.2) is 101 Å². The van der Waals surface area contributed by atoms with Crippen molar-refractivity contribution in [3.63, 3.8) is 0 Å². The molecule has 3 heterocycles. The molecule has 152 valence electrons. The Kier molecular flexibility index (Phi) is 6.16. The predicted octanol–water partition coefficient (Wildman–Crippen LogP) is -0.356. The number of nitrogens with one attached hydrogen (secondary N) is 1. The molecule has 0 unspecified atom stereocenters. The minimum atomic E-state index is -4.61. The molecule has 8 nitrogen and oxygen atoms in total. The highest BCUT2D eigenvalue weighted by atomic mass is 19.4. The average Bonchev–Trinajstić information content (AvgIpc) is 2.63. The minimum absolute atomic E-state index is 0.0363. The Labute approximate surface area is 155 Å². The summed E-state index contributed by atoms with van der Waals surface area (Å²) < 4.78 is 43.9. The molecule has 1 aromatic rings. The number of ether oxygens (including phenoxy) is 1. The molecule has 27 heavy (non-hydrogen) atoms. The van der Waals surface area contributed by atoms with Gasteiger partial charge in [-0.2, -0.15) is 13.2 Å². The SMILES string of the molecule is CN1CCN(C[C@H]2OC[C@H](Nc3cncc(C(F)(F)F)n3)[C@@H](O)[C@H]2O)CC1. The van der Waals surface area contributed by atoms with Gasteiger partial charge in [-0.05, 0) is 7.05 Å². The van der Waals surface area contributed by atoms with Crippen molar-refractivity contribution in [2.45, 2.75) is 30.5 Å². The van der Waals surface area contributed by atoms with Crippen LogP contribution in [0, 0.1) is 0 Å². The van der Waals surface area contributed by atoms with Gasteiger partial charge in [-0.15, -0.1) is 0 Å². The van der Waals surface area contributed by atoms with Crippen molar-refractivity contribution < 1.29 is 28.1 Å². The number of likely N-dealkylation sites (N-methyl/N-ethyl adjacent to an activating group) is 1. The first-order chi connectivity index (χ1) is 12.7. The smallest absolute Gasteiger partial charge is 0.388 e.